The fourth-order valence-corrected chi connectivity index (χ4v) is 3.57. The highest BCUT2D eigenvalue weighted by Gasteiger charge is 2.33. The molecule has 0 unspecified atom stereocenters. The van der Waals surface area contributed by atoms with Crippen LogP contribution in [-0.4, -0.2) is 15.5 Å². The number of thiazole rings is 1. The maximum Gasteiger partial charge on any atom is 0.416 e. The van der Waals surface area contributed by atoms with Crippen molar-refractivity contribution in [2.24, 2.45) is 0 Å². The molecular weight excluding hydrogens is 363 g/mol. The molecule has 0 bridgehead atoms. The fraction of sp³-hybridized carbons (Fsp3) is 0.222. The van der Waals surface area contributed by atoms with E-state index in [1.807, 2.05) is 31.5 Å². The Morgan fingerprint density at radius 2 is 1.88 bits per heavy atom. The summed E-state index contributed by atoms with van der Waals surface area (Å²) in [5.41, 5.74) is -0.0878. The zero-order valence-electron chi connectivity index (χ0n) is 13.9. The van der Waals surface area contributed by atoms with Crippen molar-refractivity contribution < 1.29 is 18.0 Å². The SMILES string of the molecule is CCc1nc(-n2cccc2)sc1C(=O)NCc1ccccc1C(F)(F)F. The van der Waals surface area contributed by atoms with Crippen molar-refractivity contribution in [2.75, 3.05) is 0 Å². The standard InChI is InChI=1S/C18H16F3N3OS/c1-2-14-15(26-17(23-14)24-9-5-6-10-24)16(25)22-11-12-7-3-4-8-13(12)18(19,20)21/h3-10H,2,11H2,1H3,(H,22,25). The van der Waals surface area contributed by atoms with Gasteiger partial charge in [0.2, 0.25) is 0 Å². The number of amides is 1. The molecule has 0 aliphatic heterocycles. The highest BCUT2D eigenvalue weighted by molar-refractivity contribution is 7.16. The summed E-state index contributed by atoms with van der Waals surface area (Å²) in [5, 5.41) is 3.23. The number of hydrogen-bond donors (Lipinski definition) is 1. The van der Waals surface area contributed by atoms with Crippen LogP contribution in [0.2, 0.25) is 0 Å². The minimum atomic E-state index is -4.46. The van der Waals surface area contributed by atoms with E-state index in [0.717, 1.165) is 6.07 Å². The number of carbonyl (C=O) groups is 1. The second-order valence-corrected chi connectivity index (χ2v) is 6.53. The topological polar surface area (TPSA) is 46.9 Å². The minimum absolute atomic E-state index is 0.0292. The van der Waals surface area contributed by atoms with Gasteiger partial charge in [-0.2, -0.15) is 13.2 Å². The Morgan fingerprint density at radius 3 is 2.54 bits per heavy atom. The Labute approximate surface area is 152 Å². The van der Waals surface area contributed by atoms with Crippen molar-refractivity contribution in [3.63, 3.8) is 0 Å². The predicted octanol–water partition coefficient (Wildman–Crippen LogP) is 4.45. The first-order valence-electron chi connectivity index (χ1n) is 7.96. The predicted molar refractivity (Wildman–Crippen MR) is 93.4 cm³/mol. The number of rotatable bonds is 5. The lowest BCUT2D eigenvalue weighted by Crippen LogP contribution is -2.24. The van der Waals surface area contributed by atoms with Crippen molar-refractivity contribution >= 4 is 17.2 Å². The molecule has 4 nitrogen and oxygen atoms in total. The van der Waals surface area contributed by atoms with E-state index in [0.29, 0.717) is 22.1 Å². The normalized spacial score (nSPS) is 11.5. The van der Waals surface area contributed by atoms with Crippen LogP contribution >= 0.6 is 11.3 Å². The van der Waals surface area contributed by atoms with Gasteiger partial charge in [0.15, 0.2) is 5.13 Å². The van der Waals surface area contributed by atoms with Crippen molar-refractivity contribution in [2.45, 2.75) is 26.1 Å². The molecule has 3 aromatic rings. The molecule has 2 aromatic heterocycles. The Balaban J connectivity index is 1.79. The lowest BCUT2D eigenvalue weighted by atomic mass is 10.1. The molecule has 0 saturated heterocycles. The fourth-order valence-electron chi connectivity index (χ4n) is 2.54. The number of nitrogens with zero attached hydrogens (tertiary/aromatic N) is 2. The van der Waals surface area contributed by atoms with Crippen molar-refractivity contribution in [1.82, 2.24) is 14.9 Å². The average molecular weight is 379 g/mol. The molecule has 1 amide bonds. The first-order chi connectivity index (χ1) is 12.4. The molecule has 1 aromatic carbocycles. The molecular formula is C18H16F3N3OS. The van der Waals surface area contributed by atoms with E-state index in [9.17, 15) is 18.0 Å². The summed E-state index contributed by atoms with van der Waals surface area (Å²) in [5.74, 6) is -0.422. The molecule has 0 atom stereocenters. The Hall–Kier alpha value is -2.61. The van der Waals surface area contributed by atoms with Crippen LogP contribution in [0.5, 0.6) is 0 Å². The van der Waals surface area contributed by atoms with Crippen LogP contribution in [0, 0.1) is 0 Å². The molecule has 0 radical (unpaired) electrons. The van der Waals surface area contributed by atoms with Gasteiger partial charge in [0.1, 0.15) is 4.88 Å². The van der Waals surface area contributed by atoms with Gasteiger partial charge in [0.05, 0.1) is 11.3 Å². The Morgan fingerprint density at radius 1 is 1.19 bits per heavy atom. The molecule has 3 rings (SSSR count). The third-order valence-electron chi connectivity index (χ3n) is 3.81. The smallest absolute Gasteiger partial charge is 0.347 e. The largest absolute Gasteiger partial charge is 0.416 e. The molecule has 0 aliphatic rings. The van der Waals surface area contributed by atoms with Crippen LogP contribution < -0.4 is 5.32 Å². The molecule has 0 aliphatic carbocycles. The molecule has 0 spiro atoms. The van der Waals surface area contributed by atoms with Crippen molar-refractivity contribution in [3.05, 3.63) is 70.5 Å². The molecule has 2 heterocycles. The van der Waals surface area contributed by atoms with Crippen LogP contribution in [0.25, 0.3) is 5.13 Å². The van der Waals surface area contributed by atoms with E-state index in [4.69, 9.17) is 0 Å². The monoisotopic (exact) mass is 379 g/mol. The number of carbonyl (C=O) groups excluding carboxylic acids is 1. The number of alkyl halides is 3. The van der Waals surface area contributed by atoms with E-state index >= 15 is 0 Å². The maximum absolute atomic E-state index is 13.1. The Bertz CT molecular complexity index is 901. The Kier molecular flexibility index (Phi) is 5.13. The average Bonchev–Trinajstić information content (AvgIpc) is 3.28. The molecule has 136 valence electrons. The first kappa shape index (κ1) is 18.2. The van der Waals surface area contributed by atoms with E-state index in [1.54, 1.807) is 4.57 Å². The van der Waals surface area contributed by atoms with Gasteiger partial charge in [-0.1, -0.05) is 36.5 Å². The minimum Gasteiger partial charge on any atom is -0.347 e. The van der Waals surface area contributed by atoms with Gasteiger partial charge in [-0.3, -0.25) is 4.79 Å². The summed E-state index contributed by atoms with van der Waals surface area (Å²) in [6.45, 7) is 1.68. The summed E-state index contributed by atoms with van der Waals surface area (Å²) in [6, 6.07) is 8.92. The van der Waals surface area contributed by atoms with Gasteiger partial charge in [-0.25, -0.2) is 4.98 Å². The summed E-state index contributed by atoms with van der Waals surface area (Å²) in [7, 11) is 0. The number of halogens is 3. The second kappa shape index (κ2) is 7.33. The first-order valence-corrected chi connectivity index (χ1v) is 8.78. The van der Waals surface area contributed by atoms with Crippen LogP contribution in [0.3, 0.4) is 0 Å². The lowest BCUT2D eigenvalue weighted by Gasteiger charge is -2.13. The van der Waals surface area contributed by atoms with Gasteiger partial charge in [-0.05, 0) is 30.2 Å². The van der Waals surface area contributed by atoms with Gasteiger partial charge < -0.3 is 9.88 Å². The van der Waals surface area contributed by atoms with Crippen LogP contribution in [0.1, 0.15) is 33.4 Å². The van der Waals surface area contributed by atoms with Gasteiger partial charge in [-0.15, -0.1) is 0 Å². The second-order valence-electron chi connectivity index (χ2n) is 5.55. The quantitative estimate of drug-likeness (QED) is 0.712. The highest BCUT2D eigenvalue weighted by atomic mass is 32.1. The zero-order valence-corrected chi connectivity index (χ0v) is 14.7. The van der Waals surface area contributed by atoms with E-state index in [-0.39, 0.29) is 12.1 Å². The molecule has 26 heavy (non-hydrogen) atoms. The summed E-state index contributed by atoms with van der Waals surface area (Å²) >= 11 is 1.21. The van der Waals surface area contributed by atoms with Gasteiger partial charge in [0.25, 0.3) is 5.91 Å². The van der Waals surface area contributed by atoms with Gasteiger partial charge >= 0.3 is 6.18 Å². The number of aryl methyl sites for hydroxylation is 1. The third kappa shape index (κ3) is 3.80. The van der Waals surface area contributed by atoms with E-state index in [2.05, 4.69) is 10.3 Å². The maximum atomic E-state index is 13.1. The lowest BCUT2D eigenvalue weighted by molar-refractivity contribution is -0.138. The third-order valence-corrected chi connectivity index (χ3v) is 4.92. The van der Waals surface area contributed by atoms with Crippen LogP contribution in [0.4, 0.5) is 13.2 Å². The zero-order chi connectivity index (χ0) is 18.7. The number of nitrogens with one attached hydrogen (secondary N) is 1. The summed E-state index contributed by atoms with van der Waals surface area (Å²) in [4.78, 5) is 17.4. The number of hydrogen-bond acceptors (Lipinski definition) is 3. The van der Waals surface area contributed by atoms with Gasteiger partial charge in [0, 0.05) is 18.9 Å². The van der Waals surface area contributed by atoms with Crippen molar-refractivity contribution in [3.8, 4) is 5.13 Å². The molecule has 0 fully saturated rings. The molecule has 8 heteroatoms. The van der Waals surface area contributed by atoms with Crippen LogP contribution in [-0.2, 0) is 19.1 Å². The summed E-state index contributed by atoms with van der Waals surface area (Å²) in [6.07, 6.45) is -0.263. The highest BCUT2D eigenvalue weighted by Crippen LogP contribution is 2.32. The molecule has 0 saturated carbocycles. The number of aromatic nitrogens is 2. The summed E-state index contributed by atoms with van der Waals surface area (Å²) < 4.78 is 40.9. The van der Waals surface area contributed by atoms with E-state index < -0.39 is 17.6 Å². The number of benzene rings is 1. The molecule has 1 N–H and O–H groups in total. The van der Waals surface area contributed by atoms with Crippen LogP contribution in [0.15, 0.2) is 48.8 Å². The van der Waals surface area contributed by atoms with E-state index in [1.165, 1.54) is 29.5 Å². The van der Waals surface area contributed by atoms with Crippen molar-refractivity contribution in [1.29, 1.82) is 0 Å².